The summed E-state index contributed by atoms with van der Waals surface area (Å²) in [5.41, 5.74) is 6.69. The molecule has 2 heteroatoms. The molecule has 2 N–H and O–H groups in total. The molecule has 1 fully saturated rings. The van der Waals surface area contributed by atoms with Crippen molar-refractivity contribution < 1.29 is 0 Å². The van der Waals surface area contributed by atoms with Gasteiger partial charge in [0.25, 0.3) is 0 Å². The van der Waals surface area contributed by atoms with Gasteiger partial charge in [-0.1, -0.05) is 27.7 Å². The molecule has 1 saturated heterocycles. The maximum absolute atomic E-state index is 5.88. The number of hydrogen-bond donors (Lipinski definition) is 1. The molecule has 1 unspecified atom stereocenters. The van der Waals surface area contributed by atoms with E-state index in [4.69, 9.17) is 5.73 Å². The van der Waals surface area contributed by atoms with Crippen LogP contribution in [0.15, 0.2) is 0 Å². The average Bonchev–Trinajstić information content (AvgIpc) is 2.16. The summed E-state index contributed by atoms with van der Waals surface area (Å²) in [5, 5.41) is 0. The minimum absolute atomic E-state index is 0.313. The summed E-state index contributed by atoms with van der Waals surface area (Å²) in [6.07, 6.45) is 3.90. The first-order valence-corrected chi connectivity index (χ1v) is 6.33. The van der Waals surface area contributed by atoms with Crippen molar-refractivity contribution in [1.82, 2.24) is 4.90 Å². The van der Waals surface area contributed by atoms with E-state index in [9.17, 15) is 0 Å². The molecule has 0 radical (unpaired) electrons. The molecule has 0 amide bonds. The van der Waals surface area contributed by atoms with Crippen molar-refractivity contribution in [2.75, 3.05) is 26.2 Å². The second-order valence-corrected chi connectivity index (χ2v) is 6.35. The van der Waals surface area contributed by atoms with Gasteiger partial charge in [-0.15, -0.1) is 0 Å². The summed E-state index contributed by atoms with van der Waals surface area (Å²) in [4.78, 5) is 2.61. The normalized spacial score (nSPS) is 26.2. The minimum Gasteiger partial charge on any atom is -0.330 e. The number of rotatable bonds is 4. The Morgan fingerprint density at radius 1 is 1.40 bits per heavy atom. The van der Waals surface area contributed by atoms with Crippen LogP contribution in [-0.4, -0.2) is 31.1 Å². The topological polar surface area (TPSA) is 29.3 Å². The highest BCUT2D eigenvalue weighted by Gasteiger charge is 2.30. The van der Waals surface area contributed by atoms with E-state index in [1.165, 1.54) is 38.9 Å². The third-order valence-electron chi connectivity index (χ3n) is 3.93. The van der Waals surface area contributed by atoms with E-state index in [0.717, 1.165) is 6.54 Å². The molecule has 0 aromatic heterocycles. The van der Waals surface area contributed by atoms with E-state index in [0.29, 0.717) is 10.8 Å². The molecule has 0 spiro atoms. The van der Waals surface area contributed by atoms with Crippen molar-refractivity contribution >= 4 is 0 Å². The minimum atomic E-state index is 0.313. The van der Waals surface area contributed by atoms with Crippen molar-refractivity contribution in [1.29, 1.82) is 0 Å². The van der Waals surface area contributed by atoms with Crippen LogP contribution < -0.4 is 5.73 Å². The van der Waals surface area contributed by atoms with Gasteiger partial charge in [-0.2, -0.15) is 0 Å². The van der Waals surface area contributed by atoms with Crippen LogP contribution in [0.1, 0.15) is 47.0 Å². The number of piperidine rings is 1. The van der Waals surface area contributed by atoms with Crippen molar-refractivity contribution in [3.8, 4) is 0 Å². The standard InChI is InChI=1S/C13H28N2/c1-5-13(4,9-14)11-15-8-6-7-12(2,3)10-15/h5-11,14H2,1-4H3. The molecule has 0 aromatic carbocycles. The molecule has 2 nitrogen and oxygen atoms in total. The maximum atomic E-state index is 5.88. The van der Waals surface area contributed by atoms with Gasteiger partial charge in [-0.25, -0.2) is 0 Å². The summed E-state index contributed by atoms with van der Waals surface area (Å²) in [6.45, 7) is 13.8. The predicted molar refractivity (Wildman–Crippen MR) is 66.9 cm³/mol. The fourth-order valence-electron chi connectivity index (χ4n) is 2.54. The molecule has 0 aliphatic carbocycles. The van der Waals surface area contributed by atoms with Crippen LogP contribution in [0.2, 0.25) is 0 Å². The Labute approximate surface area is 95.2 Å². The second kappa shape index (κ2) is 4.84. The Bertz CT molecular complexity index is 195. The number of nitrogens with two attached hydrogens (primary N) is 1. The first kappa shape index (κ1) is 13.0. The summed E-state index contributed by atoms with van der Waals surface area (Å²) in [5.74, 6) is 0. The largest absolute Gasteiger partial charge is 0.330 e. The van der Waals surface area contributed by atoms with Crippen molar-refractivity contribution in [3.63, 3.8) is 0 Å². The highest BCUT2D eigenvalue weighted by atomic mass is 15.1. The van der Waals surface area contributed by atoms with Crippen molar-refractivity contribution in [2.24, 2.45) is 16.6 Å². The van der Waals surface area contributed by atoms with Gasteiger partial charge in [-0.3, -0.25) is 0 Å². The molecule has 1 heterocycles. The van der Waals surface area contributed by atoms with Crippen molar-refractivity contribution in [3.05, 3.63) is 0 Å². The smallest absolute Gasteiger partial charge is 0.00475 e. The van der Waals surface area contributed by atoms with Crippen LogP contribution in [-0.2, 0) is 0 Å². The van der Waals surface area contributed by atoms with E-state index in [1.807, 2.05) is 0 Å². The molecule has 1 aliphatic rings. The number of hydrogen-bond acceptors (Lipinski definition) is 2. The second-order valence-electron chi connectivity index (χ2n) is 6.35. The van der Waals surface area contributed by atoms with Gasteiger partial charge in [-0.05, 0) is 43.2 Å². The highest BCUT2D eigenvalue weighted by Crippen LogP contribution is 2.31. The lowest BCUT2D eigenvalue weighted by molar-refractivity contribution is 0.0760. The summed E-state index contributed by atoms with van der Waals surface area (Å²) >= 11 is 0. The van der Waals surface area contributed by atoms with E-state index in [-0.39, 0.29) is 0 Å². The molecular formula is C13H28N2. The molecule has 90 valence electrons. The van der Waals surface area contributed by atoms with Gasteiger partial charge in [0.05, 0.1) is 0 Å². The third kappa shape index (κ3) is 3.76. The molecule has 0 bridgehead atoms. The van der Waals surface area contributed by atoms with Crippen LogP contribution in [0, 0.1) is 10.8 Å². The Hall–Kier alpha value is -0.0800. The average molecular weight is 212 g/mol. The SMILES string of the molecule is CCC(C)(CN)CN1CCCC(C)(C)C1. The third-order valence-corrected chi connectivity index (χ3v) is 3.93. The quantitative estimate of drug-likeness (QED) is 0.776. The zero-order chi connectivity index (χ0) is 11.5. The molecule has 1 aliphatic heterocycles. The van der Waals surface area contributed by atoms with Crippen LogP contribution in [0.3, 0.4) is 0 Å². The Balaban J connectivity index is 2.51. The number of nitrogens with zero attached hydrogens (tertiary/aromatic N) is 1. The van der Waals surface area contributed by atoms with E-state index < -0.39 is 0 Å². The molecule has 1 atom stereocenters. The lowest BCUT2D eigenvalue weighted by atomic mass is 9.81. The Morgan fingerprint density at radius 3 is 2.53 bits per heavy atom. The van der Waals surface area contributed by atoms with E-state index in [1.54, 1.807) is 0 Å². The predicted octanol–water partition coefficient (Wildman–Crippen LogP) is 2.48. The van der Waals surface area contributed by atoms with Gasteiger partial charge in [0.2, 0.25) is 0 Å². The lowest BCUT2D eigenvalue weighted by Crippen LogP contribution is -2.47. The fraction of sp³-hybridized carbons (Fsp3) is 1.00. The zero-order valence-electron chi connectivity index (χ0n) is 11.0. The van der Waals surface area contributed by atoms with Gasteiger partial charge in [0.1, 0.15) is 0 Å². The Morgan fingerprint density at radius 2 is 2.07 bits per heavy atom. The first-order valence-electron chi connectivity index (χ1n) is 6.33. The van der Waals surface area contributed by atoms with Gasteiger partial charge < -0.3 is 10.6 Å². The number of likely N-dealkylation sites (tertiary alicyclic amines) is 1. The Kier molecular flexibility index (Phi) is 4.19. The maximum Gasteiger partial charge on any atom is 0.00475 e. The zero-order valence-corrected chi connectivity index (χ0v) is 11.0. The van der Waals surface area contributed by atoms with Crippen LogP contribution in [0.4, 0.5) is 0 Å². The van der Waals surface area contributed by atoms with Gasteiger partial charge in [0, 0.05) is 13.1 Å². The van der Waals surface area contributed by atoms with Crippen molar-refractivity contribution in [2.45, 2.75) is 47.0 Å². The van der Waals surface area contributed by atoms with E-state index in [2.05, 4.69) is 32.6 Å². The van der Waals surface area contributed by atoms with E-state index >= 15 is 0 Å². The highest BCUT2D eigenvalue weighted by molar-refractivity contribution is 4.84. The molecule has 1 rings (SSSR count). The molecule has 15 heavy (non-hydrogen) atoms. The fourth-order valence-corrected chi connectivity index (χ4v) is 2.54. The first-order chi connectivity index (χ1) is 6.91. The van der Waals surface area contributed by atoms with Crippen LogP contribution >= 0.6 is 0 Å². The van der Waals surface area contributed by atoms with Crippen LogP contribution in [0.25, 0.3) is 0 Å². The molecule has 0 saturated carbocycles. The summed E-state index contributed by atoms with van der Waals surface area (Å²) in [7, 11) is 0. The van der Waals surface area contributed by atoms with Gasteiger partial charge in [0.15, 0.2) is 0 Å². The summed E-state index contributed by atoms with van der Waals surface area (Å²) < 4.78 is 0. The molecule has 0 aromatic rings. The van der Waals surface area contributed by atoms with Crippen LogP contribution in [0.5, 0.6) is 0 Å². The summed E-state index contributed by atoms with van der Waals surface area (Å²) in [6, 6.07) is 0. The van der Waals surface area contributed by atoms with Gasteiger partial charge >= 0.3 is 0 Å². The monoisotopic (exact) mass is 212 g/mol. The molecular weight excluding hydrogens is 184 g/mol. The lowest BCUT2D eigenvalue weighted by Gasteiger charge is -2.42.